The first-order valence-corrected chi connectivity index (χ1v) is 10.8. The molecule has 0 fully saturated rings. The van der Waals surface area contributed by atoms with E-state index < -0.39 is 23.5 Å². The Morgan fingerprint density at radius 2 is 1.70 bits per heavy atom. The fourth-order valence-corrected chi connectivity index (χ4v) is 4.03. The van der Waals surface area contributed by atoms with Gasteiger partial charge in [0.1, 0.15) is 5.82 Å². The van der Waals surface area contributed by atoms with Crippen LogP contribution in [-0.2, 0) is 5.79 Å². The molecule has 0 saturated carbocycles. The minimum Gasteiger partial charge on any atom is -0.440 e. The van der Waals surface area contributed by atoms with Crippen molar-refractivity contribution in [3.63, 3.8) is 0 Å². The Morgan fingerprint density at radius 3 is 2.33 bits per heavy atom. The topological polar surface area (TPSA) is 48.0 Å². The summed E-state index contributed by atoms with van der Waals surface area (Å²) in [7, 11) is 1.55. The molecule has 9 heteroatoms. The SMILES string of the molecule is CCCN(C)C(=O)Oc1cc2c(cc1F)OC(c1ccc(F)cc1)(c1ccc(Cl)cc1Cl)O2. The van der Waals surface area contributed by atoms with Crippen molar-refractivity contribution < 1.29 is 27.8 Å². The molecule has 1 heterocycles. The number of carbonyl (C=O) groups is 1. The van der Waals surface area contributed by atoms with Crippen molar-refractivity contribution in [2.24, 2.45) is 0 Å². The normalized spacial score (nSPS) is 16.5. The van der Waals surface area contributed by atoms with Crippen LogP contribution in [0.5, 0.6) is 17.2 Å². The molecular formula is C24H19Cl2F2NO4. The maximum atomic E-state index is 14.8. The molecule has 0 aromatic heterocycles. The Kier molecular flexibility index (Phi) is 6.36. The van der Waals surface area contributed by atoms with E-state index in [0.29, 0.717) is 22.7 Å². The van der Waals surface area contributed by atoms with Crippen molar-refractivity contribution in [1.82, 2.24) is 4.90 Å². The summed E-state index contributed by atoms with van der Waals surface area (Å²) in [5.41, 5.74) is 0.781. The van der Waals surface area contributed by atoms with Crippen molar-refractivity contribution in [2.45, 2.75) is 19.1 Å². The van der Waals surface area contributed by atoms with E-state index in [0.717, 1.165) is 12.5 Å². The summed E-state index contributed by atoms with van der Waals surface area (Å²) in [6, 6.07) is 12.5. The van der Waals surface area contributed by atoms with E-state index in [-0.39, 0.29) is 22.3 Å². The molecule has 0 bridgehead atoms. The first kappa shape index (κ1) is 23.1. The Balaban J connectivity index is 1.76. The van der Waals surface area contributed by atoms with Gasteiger partial charge in [0.05, 0.1) is 10.6 Å². The summed E-state index contributed by atoms with van der Waals surface area (Å²) < 4.78 is 45.9. The average Bonchev–Trinajstić information content (AvgIpc) is 3.13. The second-order valence-electron chi connectivity index (χ2n) is 7.47. The zero-order chi connectivity index (χ0) is 23.8. The molecule has 0 radical (unpaired) electrons. The van der Waals surface area contributed by atoms with Gasteiger partial charge in [-0.1, -0.05) is 30.1 Å². The lowest BCUT2D eigenvalue weighted by molar-refractivity contribution is -0.0459. The summed E-state index contributed by atoms with van der Waals surface area (Å²) in [5.74, 6) is -3.05. The number of hydrogen-bond donors (Lipinski definition) is 0. The predicted molar refractivity (Wildman–Crippen MR) is 120 cm³/mol. The molecular weight excluding hydrogens is 475 g/mol. The molecule has 0 spiro atoms. The summed E-state index contributed by atoms with van der Waals surface area (Å²) in [4.78, 5) is 13.6. The molecule has 5 nitrogen and oxygen atoms in total. The molecule has 172 valence electrons. The quantitative estimate of drug-likeness (QED) is 0.392. The highest BCUT2D eigenvalue weighted by molar-refractivity contribution is 6.35. The van der Waals surface area contributed by atoms with E-state index >= 15 is 0 Å². The van der Waals surface area contributed by atoms with Crippen LogP contribution in [0.15, 0.2) is 54.6 Å². The first-order valence-electron chi connectivity index (χ1n) is 10.1. The third-order valence-electron chi connectivity index (χ3n) is 5.08. The largest absolute Gasteiger partial charge is 0.440 e. The number of halogens is 4. The molecule has 4 rings (SSSR count). The maximum Gasteiger partial charge on any atom is 0.415 e. The van der Waals surface area contributed by atoms with Crippen LogP contribution in [-0.4, -0.2) is 24.6 Å². The lowest BCUT2D eigenvalue weighted by Gasteiger charge is -2.29. The van der Waals surface area contributed by atoms with Crippen molar-refractivity contribution in [2.75, 3.05) is 13.6 Å². The van der Waals surface area contributed by atoms with Gasteiger partial charge in [-0.15, -0.1) is 0 Å². The van der Waals surface area contributed by atoms with E-state index in [1.165, 1.54) is 41.3 Å². The van der Waals surface area contributed by atoms with Crippen LogP contribution in [0.1, 0.15) is 24.5 Å². The zero-order valence-corrected chi connectivity index (χ0v) is 19.2. The molecule has 3 aromatic carbocycles. The number of rotatable bonds is 5. The van der Waals surface area contributed by atoms with Gasteiger partial charge in [-0.05, 0) is 48.9 Å². The van der Waals surface area contributed by atoms with E-state index in [1.807, 2.05) is 6.92 Å². The van der Waals surface area contributed by atoms with Gasteiger partial charge in [0, 0.05) is 36.3 Å². The van der Waals surface area contributed by atoms with Crippen molar-refractivity contribution in [3.05, 3.63) is 87.4 Å². The van der Waals surface area contributed by atoms with Gasteiger partial charge in [0.15, 0.2) is 23.1 Å². The lowest BCUT2D eigenvalue weighted by atomic mass is 9.97. The molecule has 1 aliphatic heterocycles. The van der Waals surface area contributed by atoms with Crippen molar-refractivity contribution >= 4 is 29.3 Å². The Hall–Kier alpha value is -3.03. The Labute approximate surface area is 199 Å². The van der Waals surface area contributed by atoms with E-state index in [4.69, 9.17) is 37.4 Å². The highest BCUT2D eigenvalue weighted by Gasteiger charge is 2.47. The van der Waals surface area contributed by atoms with Gasteiger partial charge in [0.25, 0.3) is 0 Å². The summed E-state index contributed by atoms with van der Waals surface area (Å²) >= 11 is 12.5. The minimum atomic E-state index is -1.65. The van der Waals surface area contributed by atoms with Crippen LogP contribution >= 0.6 is 23.2 Å². The maximum absolute atomic E-state index is 14.8. The third kappa shape index (κ3) is 4.43. The summed E-state index contributed by atoms with van der Waals surface area (Å²) in [6.45, 7) is 2.36. The fourth-order valence-electron chi connectivity index (χ4n) is 3.49. The van der Waals surface area contributed by atoms with Crippen LogP contribution in [0.3, 0.4) is 0 Å². The predicted octanol–water partition coefficient (Wildman–Crippen LogP) is 6.78. The lowest BCUT2D eigenvalue weighted by Crippen LogP contribution is -2.37. The fraction of sp³-hybridized carbons (Fsp3) is 0.208. The van der Waals surface area contributed by atoms with Gasteiger partial charge in [-0.2, -0.15) is 0 Å². The Bertz CT molecular complexity index is 1210. The van der Waals surface area contributed by atoms with Gasteiger partial charge in [0.2, 0.25) is 0 Å². The van der Waals surface area contributed by atoms with Gasteiger partial charge in [-0.3, -0.25) is 0 Å². The number of ether oxygens (including phenoxy) is 3. The molecule has 33 heavy (non-hydrogen) atoms. The molecule has 1 unspecified atom stereocenters. The second-order valence-corrected chi connectivity index (χ2v) is 8.31. The summed E-state index contributed by atoms with van der Waals surface area (Å²) in [6.07, 6.45) is 0.0113. The monoisotopic (exact) mass is 493 g/mol. The second kappa shape index (κ2) is 9.08. The number of nitrogens with zero attached hydrogens (tertiary/aromatic N) is 1. The highest BCUT2D eigenvalue weighted by atomic mass is 35.5. The Morgan fingerprint density at radius 1 is 1.03 bits per heavy atom. The van der Waals surface area contributed by atoms with Crippen LogP contribution in [0.25, 0.3) is 0 Å². The molecule has 1 aliphatic rings. The van der Waals surface area contributed by atoms with Crippen LogP contribution in [0, 0.1) is 11.6 Å². The highest BCUT2D eigenvalue weighted by Crippen LogP contribution is 2.51. The number of carbonyl (C=O) groups excluding carboxylic acids is 1. The molecule has 0 aliphatic carbocycles. The first-order chi connectivity index (χ1) is 15.7. The van der Waals surface area contributed by atoms with Gasteiger partial charge >= 0.3 is 11.9 Å². The van der Waals surface area contributed by atoms with Gasteiger partial charge in [-0.25, -0.2) is 13.6 Å². The number of hydrogen-bond acceptors (Lipinski definition) is 4. The number of amides is 1. The molecule has 3 aromatic rings. The average molecular weight is 494 g/mol. The van der Waals surface area contributed by atoms with E-state index in [9.17, 15) is 13.6 Å². The summed E-state index contributed by atoms with van der Waals surface area (Å²) in [5, 5.41) is 0.623. The zero-order valence-electron chi connectivity index (χ0n) is 17.7. The molecule has 1 amide bonds. The third-order valence-corrected chi connectivity index (χ3v) is 5.63. The molecule has 0 N–H and O–H groups in total. The van der Waals surface area contributed by atoms with E-state index in [2.05, 4.69) is 0 Å². The van der Waals surface area contributed by atoms with Crippen molar-refractivity contribution in [3.8, 4) is 17.2 Å². The van der Waals surface area contributed by atoms with Crippen LogP contribution in [0.2, 0.25) is 10.0 Å². The van der Waals surface area contributed by atoms with Gasteiger partial charge < -0.3 is 19.1 Å². The number of fused-ring (bicyclic) bond motifs is 1. The minimum absolute atomic E-state index is 0.0598. The van der Waals surface area contributed by atoms with Crippen LogP contribution < -0.4 is 14.2 Å². The van der Waals surface area contributed by atoms with E-state index in [1.54, 1.807) is 19.2 Å². The molecule has 0 saturated heterocycles. The smallest absolute Gasteiger partial charge is 0.415 e. The van der Waals surface area contributed by atoms with Crippen molar-refractivity contribution in [1.29, 1.82) is 0 Å². The standard InChI is InChI=1S/C24H19Cl2F2NO4/c1-3-10-29(2)23(30)31-20-13-22-21(12-19(20)28)32-24(33-22,14-4-7-16(27)8-5-14)17-9-6-15(25)11-18(17)26/h4-9,11-13H,3,10H2,1-2H3. The molecule has 1 atom stereocenters. The number of benzene rings is 3. The van der Waals surface area contributed by atoms with Crippen LogP contribution in [0.4, 0.5) is 13.6 Å².